The predicted molar refractivity (Wildman–Crippen MR) is 141 cm³/mol. The van der Waals surface area contributed by atoms with Crippen molar-refractivity contribution in [2.45, 2.75) is 44.5 Å². The number of alkyl halides is 1. The molecule has 218 valence electrons. The molecule has 0 radical (unpaired) electrons. The maximum absolute atomic E-state index is 15.1. The molecule has 41 heavy (non-hydrogen) atoms. The first-order valence-electron chi connectivity index (χ1n) is 12.3. The van der Waals surface area contributed by atoms with Crippen LogP contribution in [0.3, 0.4) is 0 Å². The molecule has 0 bridgehead atoms. The summed E-state index contributed by atoms with van der Waals surface area (Å²) >= 11 is 0. The fraction of sp³-hybridized carbons (Fsp3) is 0.320. The number of aliphatic hydroxyl groups excluding tert-OH is 1. The van der Waals surface area contributed by atoms with Gasteiger partial charge in [-0.25, -0.2) is 18.9 Å². The second-order valence-electron chi connectivity index (χ2n) is 8.99. The SMILES string of the molecule is Cc1nccc(C(=O)Nc2ccn([C@@H]3O[C@H](CO[P@@](=O)(N[C@@H](C)C(=O)O)Oc4ccccc4)[C@@H](O)[C@H]3F)c(=O)c2)n1. The zero-order valence-corrected chi connectivity index (χ0v) is 22.7. The number of aryl methyl sites for hydroxylation is 1. The quantitative estimate of drug-likeness (QED) is 0.238. The molecule has 4 N–H and O–H groups in total. The summed E-state index contributed by atoms with van der Waals surface area (Å²) in [5.41, 5.74) is -0.562. The lowest BCUT2D eigenvalue weighted by molar-refractivity contribution is -0.138. The van der Waals surface area contributed by atoms with Gasteiger partial charge in [-0.15, -0.1) is 0 Å². The van der Waals surface area contributed by atoms with Crippen molar-refractivity contribution in [2.24, 2.45) is 0 Å². The van der Waals surface area contributed by atoms with E-state index < -0.39 is 62.4 Å². The third kappa shape index (κ3) is 7.39. The van der Waals surface area contributed by atoms with E-state index in [0.29, 0.717) is 5.82 Å². The number of para-hydroxylation sites is 1. The molecule has 16 heteroatoms. The lowest BCUT2D eigenvalue weighted by atomic mass is 10.1. The number of carbonyl (C=O) groups excluding carboxylic acids is 1. The molecule has 1 aromatic carbocycles. The standard InChI is InChI=1S/C25H27FN5O9P/c1-14(25(35)36)30-41(37,40-17-6-4-3-5-7-17)38-13-19-22(33)21(26)24(39-19)31-11-9-16(12-20(31)32)29-23(34)18-8-10-27-15(2)28-18/h3-12,14,19,21-22,24,33H,13H2,1-2H3,(H,29,34)(H,30,37)(H,35,36)/t14-,19+,21+,22+,24+,41-/m0/s1. The molecule has 1 fully saturated rings. The van der Waals surface area contributed by atoms with Crippen molar-refractivity contribution in [1.29, 1.82) is 0 Å². The van der Waals surface area contributed by atoms with Crippen molar-refractivity contribution in [1.82, 2.24) is 19.6 Å². The summed E-state index contributed by atoms with van der Waals surface area (Å²) in [4.78, 5) is 44.4. The van der Waals surface area contributed by atoms with E-state index in [2.05, 4.69) is 20.4 Å². The Balaban J connectivity index is 1.45. The predicted octanol–water partition coefficient (Wildman–Crippen LogP) is 2.06. The number of nitrogens with one attached hydrogen (secondary N) is 2. The van der Waals surface area contributed by atoms with Crippen molar-refractivity contribution >= 4 is 25.3 Å². The maximum Gasteiger partial charge on any atom is 0.459 e. The van der Waals surface area contributed by atoms with Crippen molar-refractivity contribution < 1.29 is 42.5 Å². The van der Waals surface area contributed by atoms with Crippen LogP contribution < -0.4 is 20.5 Å². The highest BCUT2D eigenvalue weighted by Crippen LogP contribution is 2.46. The summed E-state index contributed by atoms with van der Waals surface area (Å²) in [6.45, 7) is 2.15. The van der Waals surface area contributed by atoms with Gasteiger partial charge in [0.1, 0.15) is 35.5 Å². The van der Waals surface area contributed by atoms with Crippen LogP contribution in [-0.4, -0.2) is 67.7 Å². The number of aromatic nitrogens is 3. The molecule has 4 rings (SSSR count). The fourth-order valence-electron chi connectivity index (χ4n) is 3.79. The zero-order chi connectivity index (χ0) is 29.7. The van der Waals surface area contributed by atoms with E-state index in [4.69, 9.17) is 13.8 Å². The van der Waals surface area contributed by atoms with E-state index in [1.165, 1.54) is 43.6 Å². The molecule has 1 saturated heterocycles. The van der Waals surface area contributed by atoms with Crippen LogP contribution in [0, 0.1) is 6.92 Å². The normalized spacial score (nSPS) is 22.4. The smallest absolute Gasteiger partial charge is 0.459 e. The molecule has 14 nitrogen and oxygen atoms in total. The highest BCUT2D eigenvalue weighted by molar-refractivity contribution is 7.52. The van der Waals surface area contributed by atoms with Crippen LogP contribution in [0.1, 0.15) is 29.5 Å². The number of carbonyl (C=O) groups is 2. The van der Waals surface area contributed by atoms with Gasteiger partial charge in [-0.3, -0.25) is 23.5 Å². The van der Waals surface area contributed by atoms with Crippen LogP contribution in [0.4, 0.5) is 10.1 Å². The Morgan fingerprint density at radius 2 is 1.98 bits per heavy atom. The summed E-state index contributed by atoms with van der Waals surface area (Å²) in [5, 5.41) is 24.4. The van der Waals surface area contributed by atoms with Crippen LogP contribution >= 0.6 is 7.75 Å². The van der Waals surface area contributed by atoms with E-state index in [1.54, 1.807) is 25.1 Å². The lowest BCUT2D eigenvalue weighted by Crippen LogP contribution is -2.36. The zero-order valence-electron chi connectivity index (χ0n) is 21.8. The average Bonchev–Trinajstić information content (AvgIpc) is 3.21. The number of hydrogen-bond donors (Lipinski definition) is 4. The van der Waals surface area contributed by atoms with Crippen LogP contribution in [0.5, 0.6) is 5.75 Å². The summed E-state index contributed by atoms with van der Waals surface area (Å²) in [5.74, 6) is -1.44. The molecule has 2 aromatic heterocycles. The van der Waals surface area contributed by atoms with Gasteiger partial charge in [-0.05, 0) is 38.1 Å². The average molecular weight is 591 g/mol. The van der Waals surface area contributed by atoms with Crippen molar-refractivity contribution in [2.75, 3.05) is 11.9 Å². The number of halogens is 1. The lowest BCUT2D eigenvalue weighted by Gasteiger charge is -2.24. The van der Waals surface area contributed by atoms with E-state index >= 15 is 4.39 Å². The highest BCUT2D eigenvalue weighted by Gasteiger charge is 2.47. The van der Waals surface area contributed by atoms with Gasteiger partial charge >= 0.3 is 13.7 Å². The molecule has 1 aliphatic heterocycles. The van der Waals surface area contributed by atoms with Gasteiger partial charge in [-0.1, -0.05) is 18.2 Å². The Labute approximate surface area is 232 Å². The minimum absolute atomic E-state index is 0.0800. The third-order valence-electron chi connectivity index (χ3n) is 5.88. The Morgan fingerprint density at radius 1 is 1.24 bits per heavy atom. The summed E-state index contributed by atoms with van der Waals surface area (Å²) in [7, 11) is -4.36. The van der Waals surface area contributed by atoms with Crippen LogP contribution in [-0.2, 0) is 18.6 Å². The van der Waals surface area contributed by atoms with Crippen molar-refractivity contribution in [3.8, 4) is 5.75 Å². The minimum Gasteiger partial charge on any atom is -0.480 e. The number of amides is 1. The van der Waals surface area contributed by atoms with Gasteiger partial charge in [0.25, 0.3) is 11.5 Å². The highest BCUT2D eigenvalue weighted by atomic mass is 31.2. The van der Waals surface area contributed by atoms with Crippen molar-refractivity contribution in [3.05, 3.63) is 82.8 Å². The fourth-order valence-corrected chi connectivity index (χ4v) is 5.30. The number of aliphatic hydroxyl groups is 1. The summed E-state index contributed by atoms with van der Waals surface area (Å²) in [6, 6.07) is 10.2. The first kappa shape index (κ1) is 30.0. The van der Waals surface area contributed by atoms with Crippen molar-refractivity contribution in [3.63, 3.8) is 0 Å². The van der Waals surface area contributed by atoms with Crippen LogP contribution in [0.2, 0.25) is 0 Å². The molecular weight excluding hydrogens is 564 g/mol. The van der Waals surface area contributed by atoms with Gasteiger partial charge in [0, 0.05) is 24.1 Å². The molecule has 3 aromatic rings. The largest absolute Gasteiger partial charge is 0.480 e. The van der Waals surface area contributed by atoms with E-state index in [-0.39, 0.29) is 17.1 Å². The Kier molecular flexibility index (Phi) is 9.25. The van der Waals surface area contributed by atoms with Gasteiger partial charge in [-0.2, -0.15) is 5.09 Å². The van der Waals surface area contributed by atoms with Gasteiger partial charge < -0.3 is 24.8 Å². The third-order valence-corrected chi connectivity index (χ3v) is 7.53. The maximum atomic E-state index is 15.1. The molecule has 6 atom stereocenters. The molecule has 3 heterocycles. The van der Waals surface area contributed by atoms with E-state index in [9.17, 15) is 29.2 Å². The molecule has 0 saturated carbocycles. The molecule has 1 amide bonds. The van der Waals surface area contributed by atoms with Gasteiger partial charge in [0.15, 0.2) is 12.4 Å². The Hall–Kier alpha value is -4.01. The summed E-state index contributed by atoms with van der Waals surface area (Å²) in [6.07, 6.45) is -4.29. The number of anilines is 1. The molecule has 0 aliphatic carbocycles. The second kappa shape index (κ2) is 12.7. The Bertz CT molecular complexity index is 1510. The van der Waals surface area contributed by atoms with Crippen LogP contribution in [0.25, 0.3) is 0 Å². The number of ether oxygens (including phenoxy) is 1. The number of carboxylic acid groups (broad SMARTS) is 1. The van der Waals surface area contributed by atoms with Crippen LogP contribution in [0.15, 0.2) is 65.7 Å². The van der Waals surface area contributed by atoms with Gasteiger partial charge in [0.05, 0.1) is 6.61 Å². The minimum atomic E-state index is -4.36. The number of benzene rings is 1. The molecular formula is C25H27FN5O9P. The Morgan fingerprint density at radius 3 is 2.63 bits per heavy atom. The molecule has 0 unspecified atom stereocenters. The number of aliphatic carboxylic acids is 1. The number of rotatable bonds is 11. The monoisotopic (exact) mass is 591 g/mol. The number of nitrogens with zero attached hydrogens (tertiary/aromatic N) is 3. The number of hydrogen-bond acceptors (Lipinski definition) is 10. The number of carboxylic acids is 1. The molecule has 1 aliphatic rings. The van der Waals surface area contributed by atoms with E-state index in [1.807, 2.05) is 0 Å². The number of pyridine rings is 1. The van der Waals surface area contributed by atoms with Gasteiger partial charge in [0.2, 0.25) is 0 Å². The summed E-state index contributed by atoms with van der Waals surface area (Å²) < 4.78 is 45.6. The first-order valence-corrected chi connectivity index (χ1v) is 13.8. The van der Waals surface area contributed by atoms with E-state index in [0.717, 1.165) is 10.6 Å². The molecule has 0 spiro atoms. The topological polar surface area (TPSA) is 191 Å². The first-order chi connectivity index (χ1) is 19.5. The second-order valence-corrected chi connectivity index (χ2v) is 10.7.